The summed E-state index contributed by atoms with van der Waals surface area (Å²) in [4.78, 5) is -0.285. The summed E-state index contributed by atoms with van der Waals surface area (Å²) in [6.45, 7) is 1.62. The molecule has 20 heavy (non-hydrogen) atoms. The van der Waals surface area contributed by atoms with Crippen molar-refractivity contribution in [3.05, 3.63) is 34.0 Å². The zero-order chi connectivity index (χ0) is 14.9. The summed E-state index contributed by atoms with van der Waals surface area (Å²) in [6, 6.07) is 2.54. The highest BCUT2D eigenvalue weighted by Gasteiger charge is 2.20. The van der Waals surface area contributed by atoms with Gasteiger partial charge >= 0.3 is 0 Å². The first-order valence-corrected chi connectivity index (χ1v) is 8.20. The van der Waals surface area contributed by atoms with Gasteiger partial charge in [-0.3, -0.25) is 0 Å². The molecule has 0 fully saturated rings. The number of aromatic nitrogens is 2. The van der Waals surface area contributed by atoms with E-state index in [-0.39, 0.29) is 33.2 Å². The highest BCUT2D eigenvalue weighted by atomic mass is 35.7. The van der Waals surface area contributed by atoms with E-state index in [1.165, 1.54) is 12.1 Å². The second-order valence-electron chi connectivity index (χ2n) is 3.63. The zero-order valence-corrected chi connectivity index (χ0v) is 13.0. The Labute approximate surface area is 129 Å². The van der Waals surface area contributed by atoms with Crippen LogP contribution in [0.2, 0.25) is 10.0 Å². The molecule has 6 nitrogen and oxygen atoms in total. The van der Waals surface area contributed by atoms with E-state index >= 15 is 0 Å². The minimum atomic E-state index is -3.98. The van der Waals surface area contributed by atoms with Crippen molar-refractivity contribution in [2.45, 2.75) is 18.4 Å². The lowest BCUT2D eigenvalue weighted by Crippen LogP contribution is -1.99. The number of benzene rings is 1. The summed E-state index contributed by atoms with van der Waals surface area (Å²) in [6.07, 6.45) is 0. The van der Waals surface area contributed by atoms with Crippen molar-refractivity contribution in [2.75, 3.05) is 0 Å². The summed E-state index contributed by atoms with van der Waals surface area (Å²) < 4.78 is 32.9. The zero-order valence-electron chi connectivity index (χ0n) is 9.93. The molecule has 0 radical (unpaired) electrons. The normalized spacial score (nSPS) is 11.6. The fourth-order valence-corrected chi connectivity index (χ4v) is 3.14. The Bertz CT molecular complexity index is 745. The number of rotatable bonds is 4. The lowest BCUT2D eigenvalue weighted by Gasteiger charge is -2.09. The quantitative estimate of drug-likeness (QED) is 0.782. The van der Waals surface area contributed by atoms with Gasteiger partial charge in [-0.1, -0.05) is 23.2 Å². The molecule has 2 rings (SSSR count). The number of halogens is 3. The van der Waals surface area contributed by atoms with E-state index in [9.17, 15) is 8.42 Å². The summed E-state index contributed by atoms with van der Waals surface area (Å²) in [5.41, 5.74) is 0. The van der Waals surface area contributed by atoms with Crippen LogP contribution in [0.3, 0.4) is 0 Å². The molecule has 0 amide bonds. The molecule has 0 aliphatic heterocycles. The molecular weight excluding hydrogens is 351 g/mol. The number of hydrogen-bond acceptors (Lipinski definition) is 6. The molecule has 1 aromatic carbocycles. The van der Waals surface area contributed by atoms with Crippen LogP contribution in [0.25, 0.3) is 0 Å². The van der Waals surface area contributed by atoms with Crippen molar-refractivity contribution in [1.82, 2.24) is 10.2 Å². The highest BCUT2D eigenvalue weighted by Crippen LogP contribution is 2.38. The first-order valence-electron chi connectivity index (χ1n) is 5.13. The third-order valence-corrected chi connectivity index (χ3v) is 4.53. The molecule has 0 atom stereocenters. The second kappa shape index (κ2) is 5.77. The Morgan fingerprint density at radius 1 is 1.25 bits per heavy atom. The summed E-state index contributed by atoms with van der Waals surface area (Å²) in [5, 5.41) is 7.10. The van der Waals surface area contributed by atoms with Gasteiger partial charge in [0.15, 0.2) is 6.61 Å². The maximum absolute atomic E-state index is 11.2. The number of aryl methyl sites for hydroxylation is 1. The minimum Gasteiger partial charge on any atom is -0.482 e. The molecule has 2 aromatic rings. The van der Waals surface area contributed by atoms with Gasteiger partial charge in [0, 0.05) is 17.6 Å². The smallest absolute Gasteiger partial charge is 0.262 e. The molecule has 0 saturated carbocycles. The van der Waals surface area contributed by atoms with Crippen molar-refractivity contribution in [3.8, 4) is 5.75 Å². The SMILES string of the molecule is Cc1nnc(COc2ccc(S(=O)(=O)Cl)c(Cl)c2Cl)o1. The van der Waals surface area contributed by atoms with Crippen molar-refractivity contribution in [3.63, 3.8) is 0 Å². The third-order valence-electron chi connectivity index (χ3n) is 2.19. The average molecular weight is 358 g/mol. The summed E-state index contributed by atoms with van der Waals surface area (Å²) >= 11 is 11.8. The number of ether oxygens (including phenoxy) is 1. The van der Waals surface area contributed by atoms with Crippen LogP contribution in [0.5, 0.6) is 5.75 Å². The highest BCUT2D eigenvalue weighted by molar-refractivity contribution is 8.13. The summed E-state index contributed by atoms with van der Waals surface area (Å²) in [5.74, 6) is 0.830. The van der Waals surface area contributed by atoms with Gasteiger partial charge in [-0.15, -0.1) is 10.2 Å². The topological polar surface area (TPSA) is 82.3 Å². The Morgan fingerprint density at radius 3 is 2.50 bits per heavy atom. The van der Waals surface area contributed by atoms with Crippen LogP contribution in [0.4, 0.5) is 0 Å². The van der Waals surface area contributed by atoms with Gasteiger partial charge in [0.25, 0.3) is 14.9 Å². The third kappa shape index (κ3) is 3.35. The molecule has 1 heterocycles. The van der Waals surface area contributed by atoms with Crippen molar-refractivity contribution in [1.29, 1.82) is 0 Å². The fraction of sp³-hybridized carbons (Fsp3) is 0.200. The minimum absolute atomic E-state index is 0.0239. The van der Waals surface area contributed by atoms with Crippen molar-refractivity contribution < 1.29 is 17.6 Å². The van der Waals surface area contributed by atoms with Crippen LogP contribution in [-0.4, -0.2) is 18.6 Å². The van der Waals surface area contributed by atoms with Crippen LogP contribution in [-0.2, 0) is 15.7 Å². The molecule has 0 unspecified atom stereocenters. The Kier molecular flexibility index (Phi) is 4.43. The van der Waals surface area contributed by atoms with Crippen LogP contribution < -0.4 is 4.74 Å². The molecule has 1 aromatic heterocycles. The maximum Gasteiger partial charge on any atom is 0.262 e. The molecule has 0 aliphatic carbocycles. The van der Waals surface area contributed by atoms with Crippen molar-refractivity contribution >= 4 is 42.9 Å². The van der Waals surface area contributed by atoms with Crippen LogP contribution in [0.15, 0.2) is 21.4 Å². The molecule has 0 spiro atoms. The molecule has 10 heteroatoms. The lowest BCUT2D eigenvalue weighted by atomic mass is 10.3. The number of hydrogen-bond donors (Lipinski definition) is 0. The van der Waals surface area contributed by atoms with Gasteiger partial charge in [0.05, 0.1) is 5.02 Å². The first kappa shape index (κ1) is 15.4. The lowest BCUT2D eigenvalue weighted by molar-refractivity contribution is 0.260. The van der Waals surface area contributed by atoms with Gasteiger partial charge in [0.2, 0.25) is 5.89 Å². The molecule has 0 bridgehead atoms. The first-order chi connectivity index (χ1) is 9.29. The predicted molar refractivity (Wildman–Crippen MR) is 72.9 cm³/mol. The van der Waals surface area contributed by atoms with Gasteiger partial charge in [-0.05, 0) is 12.1 Å². The van der Waals surface area contributed by atoms with Crippen molar-refractivity contribution in [2.24, 2.45) is 0 Å². The van der Waals surface area contributed by atoms with Gasteiger partial charge in [-0.25, -0.2) is 8.42 Å². The van der Waals surface area contributed by atoms with E-state index in [1.807, 2.05) is 0 Å². The standard InChI is InChI=1S/C10H7Cl3N2O4S/c1-5-14-15-8(19-5)4-18-6-2-3-7(20(13,16)17)10(12)9(6)11/h2-3H,4H2,1H3. The van der Waals surface area contributed by atoms with Crippen LogP contribution >= 0.6 is 33.9 Å². The number of nitrogens with zero attached hydrogens (tertiary/aromatic N) is 2. The van der Waals surface area contributed by atoms with E-state index in [0.29, 0.717) is 5.89 Å². The molecule has 0 aliphatic rings. The molecule has 0 N–H and O–H groups in total. The fourth-order valence-electron chi connectivity index (χ4n) is 1.35. The van der Waals surface area contributed by atoms with E-state index < -0.39 is 9.05 Å². The van der Waals surface area contributed by atoms with Crippen LogP contribution in [0.1, 0.15) is 11.8 Å². The van der Waals surface area contributed by atoms with Gasteiger partial charge < -0.3 is 9.15 Å². The molecular formula is C10H7Cl3N2O4S. The summed E-state index contributed by atoms with van der Waals surface area (Å²) in [7, 11) is 1.24. The van der Waals surface area contributed by atoms with E-state index in [4.69, 9.17) is 43.0 Å². The van der Waals surface area contributed by atoms with Gasteiger partial charge in [0.1, 0.15) is 15.7 Å². The average Bonchev–Trinajstić information content (AvgIpc) is 2.75. The Balaban J connectivity index is 2.24. The largest absolute Gasteiger partial charge is 0.482 e. The Morgan fingerprint density at radius 2 is 1.95 bits per heavy atom. The van der Waals surface area contributed by atoms with Gasteiger partial charge in [-0.2, -0.15) is 0 Å². The molecule has 108 valence electrons. The van der Waals surface area contributed by atoms with E-state index in [0.717, 1.165) is 0 Å². The second-order valence-corrected chi connectivity index (χ2v) is 6.92. The Hall–Kier alpha value is -1.02. The monoisotopic (exact) mass is 356 g/mol. The molecule has 0 saturated heterocycles. The van der Waals surface area contributed by atoms with Crippen LogP contribution in [0, 0.1) is 6.92 Å². The van der Waals surface area contributed by atoms with E-state index in [2.05, 4.69) is 10.2 Å². The maximum atomic E-state index is 11.2. The van der Waals surface area contributed by atoms with E-state index in [1.54, 1.807) is 6.92 Å². The predicted octanol–water partition coefficient (Wildman–Crippen LogP) is 3.19.